The van der Waals surface area contributed by atoms with Gasteiger partial charge in [0.2, 0.25) is 0 Å². The Labute approximate surface area is 212 Å². The van der Waals surface area contributed by atoms with Crippen LogP contribution in [0.25, 0.3) is 27.4 Å². The molecule has 0 amide bonds. The van der Waals surface area contributed by atoms with Crippen LogP contribution in [-0.4, -0.2) is 4.57 Å². The molecule has 0 saturated heterocycles. The molecule has 0 spiro atoms. The molecule has 1 aliphatic rings. The minimum absolute atomic E-state index is 0. The first kappa shape index (κ1) is 26.3. The van der Waals surface area contributed by atoms with Crippen LogP contribution in [0.4, 0.5) is 0 Å². The monoisotopic (exact) mass is 513 g/mol. The molecule has 1 aromatic heterocycles. The molecule has 0 fully saturated rings. The molecular formula is C29H23F2NZr. The summed E-state index contributed by atoms with van der Waals surface area (Å²) in [4.78, 5) is 0. The third kappa shape index (κ3) is 6.09. The first-order valence-corrected chi connectivity index (χ1v) is 10.4. The summed E-state index contributed by atoms with van der Waals surface area (Å²) in [5.74, 6) is 0. The number of nitrogens with zero attached hydrogens (tertiary/aromatic N) is 1. The summed E-state index contributed by atoms with van der Waals surface area (Å²) in [6.45, 7) is 0. The fourth-order valence-corrected chi connectivity index (χ4v) is 3.97. The summed E-state index contributed by atoms with van der Waals surface area (Å²) in [7, 11) is 0. The van der Waals surface area contributed by atoms with Crippen molar-refractivity contribution in [3.8, 4) is 5.69 Å². The number of hydrogen-bond acceptors (Lipinski definition) is 0. The van der Waals surface area contributed by atoms with E-state index >= 15 is 0 Å². The van der Waals surface area contributed by atoms with E-state index in [1.165, 1.54) is 38.5 Å². The molecule has 1 heterocycles. The van der Waals surface area contributed by atoms with Crippen molar-refractivity contribution in [3.05, 3.63) is 133 Å². The van der Waals surface area contributed by atoms with Crippen molar-refractivity contribution in [1.29, 1.82) is 0 Å². The number of allylic oxidation sites excluding steroid dienone is 4. The molecule has 162 valence electrons. The summed E-state index contributed by atoms with van der Waals surface area (Å²) in [6, 6.07) is 34.1. The van der Waals surface area contributed by atoms with Crippen LogP contribution >= 0.6 is 0 Å². The number of hydrogen-bond donors (Lipinski definition) is 0. The second kappa shape index (κ2) is 12.3. The van der Waals surface area contributed by atoms with Gasteiger partial charge in [-0.1, -0.05) is 54.6 Å². The zero-order valence-electron chi connectivity index (χ0n) is 18.1. The maximum atomic E-state index is 3.31. The fourth-order valence-electron chi connectivity index (χ4n) is 3.97. The SMILES string of the molecule is [C-]1=C(Cc2ccccc2)C=CC1.[F-].[F-].[Zr+4].c1ccc2[cH-]c(-n3ccc4ccccc43)cc2c1. The molecule has 5 aromatic rings. The van der Waals surface area contributed by atoms with E-state index in [1.807, 2.05) is 6.07 Å². The van der Waals surface area contributed by atoms with Crippen molar-refractivity contribution in [2.24, 2.45) is 0 Å². The molecular weight excluding hydrogens is 492 g/mol. The fraction of sp³-hybridized carbons (Fsp3) is 0.0690. The van der Waals surface area contributed by atoms with Crippen molar-refractivity contribution < 1.29 is 35.6 Å². The summed E-state index contributed by atoms with van der Waals surface area (Å²) >= 11 is 0. The third-order valence-corrected chi connectivity index (χ3v) is 5.48. The topological polar surface area (TPSA) is 4.93 Å². The maximum absolute atomic E-state index is 3.31. The van der Waals surface area contributed by atoms with Gasteiger partial charge in [0.05, 0.1) is 5.52 Å². The van der Waals surface area contributed by atoms with Crippen LogP contribution in [0, 0.1) is 6.08 Å². The van der Waals surface area contributed by atoms with Gasteiger partial charge in [0.25, 0.3) is 0 Å². The van der Waals surface area contributed by atoms with E-state index in [0.29, 0.717) is 0 Å². The van der Waals surface area contributed by atoms with Gasteiger partial charge < -0.3 is 14.0 Å². The van der Waals surface area contributed by atoms with E-state index in [4.69, 9.17) is 0 Å². The number of para-hydroxylation sites is 1. The molecule has 0 bridgehead atoms. The molecule has 0 saturated carbocycles. The van der Waals surface area contributed by atoms with Crippen molar-refractivity contribution in [3.63, 3.8) is 0 Å². The van der Waals surface area contributed by atoms with Gasteiger partial charge in [-0.3, -0.25) is 6.08 Å². The summed E-state index contributed by atoms with van der Waals surface area (Å²) in [5.41, 5.74) is 5.18. The Bertz CT molecular complexity index is 1310. The third-order valence-electron chi connectivity index (χ3n) is 5.48. The Balaban J connectivity index is 0.000000229. The van der Waals surface area contributed by atoms with Crippen molar-refractivity contribution in [1.82, 2.24) is 4.57 Å². The number of halogens is 2. The van der Waals surface area contributed by atoms with Crippen LogP contribution in [0.3, 0.4) is 0 Å². The molecule has 0 unspecified atom stereocenters. The average molecular weight is 515 g/mol. The van der Waals surface area contributed by atoms with Crippen LogP contribution in [0.15, 0.2) is 121 Å². The Morgan fingerprint density at radius 3 is 2.21 bits per heavy atom. The Hall–Kier alpha value is -2.97. The normalized spacial score (nSPS) is 11.6. The minimum Gasteiger partial charge on any atom is -1.00 e. The van der Waals surface area contributed by atoms with Gasteiger partial charge in [0.1, 0.15) is 0 Å². The van der Waals surface area contributed by atoms with Gasteiger partial charge in [0, 0.05) is 6.20 Å². The maximum Gasteiger partial charge on any atom is 4.00 e. The zero-order valence-corrected chi connectivity index (χ0v) is 20.5. The number of rotatable bonds is 3. The molecule has 0 N–H and O–H groups in total. The van der Waals surface area contributed by atoms with Gasteiger partial charge >= 0.3 is 26.2 Å². The Morgan fingerprint density at radius 1 is 0.788 bits per heavy atom. The second-order valence-electron chi connectivity index (χ2n) is 7.56. The molecule has 4 heteroatoms. The van der Waals surface area contributed by atoms with E-state index in [1.54, 1.807) is 0 Å². The summed E-state index contributed by atoms with van der Waals surface area (Å²) in [5, 5.41) is 3.87. The van der Waals surface area contributed by atoms with Crippen LogP contribution in [0.1, 0.15) is 12.0 Å². The molecule has 6 rings (SSSR count). The molecule has 0 aliphatic heterocycles. The van der Waals surface area contributed by atoms with Crippen molar-refractivity contribution in [2.75, 3.05) is 0 Å². The number of benzene rings is 3. The quantitative estimate of drug-likeness (QED) is 0.321. The van der Waals surface area contributed by atoms with Crippen LogP contribution in [0.5, 0.6) is 0 Å². The van der Waals surface area contributed by atoms with E-state index in [9.17, 15) is 0 Å². The predicted octanol–water partition coefficient (Wildman–Crippen LogP) is 1.43. The largest absolute Gasteiger partial charge is 4.00 e. The second-order valence-corrected chi connectivity index (χ2v) is 7.56. The average Bonchev–Trinajstić information content (AvgIpc) is 3.54. The smallest absolute Gasteiger partial charge is 1.00 e. The molecule has 1 aliphatic carbocycles. The molecule has 0 radical (unpaired) electrons. The number of aromatic nitrogens is 1. The van der Waals surface area contributed by atoms with Gasteiger partial charge in [0.15, 0.2) is 0 Å². The van der Waals surface area contributed by atoms with Gasteiger partial charge in [-0.25, -0.2) is 11.6 Å². The zero-order chi connectivity index (χ0) is 20.2. The number of fused-ring (bicyclic) bond motifs is 2. The standard InChI is InChI=1S/C17H12N.C12H11.2FH.Zr/c1-2-7-15-12-16(11-14(15)6-1)18-10-9-13-5-3-4-8-17(13)18;1-2-6-11(7-3-1)10-12-8-4-5-9-12;;;/h1-12H;1-4,6-8H,5,10H2;2*1H;/q2*-1;;;+4/p-2. The predicted molar refractivity (Wildman–Crippen MR) is 127 cm³/mol. The molecule has 0 atom stereocenters. The van der Waals surface area contributed by atoms with E-state index in [-0.39, 0.29) is 35.6 Å². The first-order chi connectivity index (χ1) is 14.9. The summed E-state index contributed by atoms with van der Waals surface area (Å²) in [6.07, 6.45) is 11.8. The van der Waals surface area contributed by atoms with E-state index < -0.39 is 0 Å². The van der Waals surface area contributed by atoms with Gasteiger partial charge in [-0.05, 0) is 35.2 Å². The molecule has 33 heavy (non-hydrogen) atoms. The minimum atomic E-state index is 0. The first-order valence-electron chi connectivity index (χ1n) is 10.4. The van der Waals surface area contributed by atoms with E-state index in [2.05, 4.69) is 120 Å². The van der Waals surface area contributed by atoms with Crippen LogP contribution in [0.2, 0.25) is 0 Å². The Kier molecular flexibility index (Phi) is 9.81. The van der Waals surface area contributed by atoms with E-state index in [0.717, 1.165) is 12.8 Å². The van der Waals surface area contributed by atoms with Crippen molar-refractivity contribution >= 4 is 21.7 Å². The van der Waals surface area contributed by atoms with Gasteiger partial charge in [-0.15, -0.1) is 47.5 Å². The molecule has 4 aromatic carbocycles. The van der Waals surface area contributed by atoms with Crippen LogP contribution in [-0.2, 0) is 32.6 Å². The Morgan fingerprint density at radius 2 is 1.48 bits per heavy atom. The summed E-state index contributed by atoms with van der Waals surface area (Å²) < 4.78 is 2.25. The van der Waals surface area contributed by atoms with Crippen molar-refractivity contribution in [2.45, 2.75) is 12.8 Å². The van der Waals surface area contributed by atoms with Crippen LogP contribution < -0.4 is 9.41 Å². The molecule has 1 nitrogen and oxygen atoms in total. The van der Waals surface area contributed by atoms with Gasteiger partial charge in [-0.2, -0.15) is 6.08 Å².